The van der Waals surface area contributed by atoms with E-state index in [2.05, 4.69) is 16.0 Å². The number of aliphatic hydroxyl groups excluding tert-OH is 1. The van der Waals surface area contributed by atoms with Crippen molar-refractivity contribution >= 4 is 10.9 Å². The normalized spacial score (nSPS) is 18.0. The second kappa shape index (κ2) is 7.37. The minimum absolute atomic E-state index is 0.0633. The molecule has 2 unspecified atom stereocenters. The Morgan fingerprint density at radius 1 is 1.23 bits per heavy atom. The molecule has 7 heteroatoms. The molecule has 158 valence electrons. The van der Waals surface area contributed by atoms with Crippen LogP contribution in [0.4, 0.5) is 0 Å². The zero-order valence-electron chi connectivity index (χ0n) is 17.5. The first-order valence-corrected chi connectivity index (χ1v) is 10.1. The number of fused-ring (bicyclic) bond motifs is 2. The Labute approximate surface area is 178 Å². The lowest BCUT2D eigenvalue weighted by Gasteiger charge is -2.24. The van der Waals surface area contributed by atoms with Gasteiger partial charge < -0.3 is 24.1 Å². The van der Waals surface area contributed by atoms with Gasteiger partial charge in [-0.05, 0) is 42.9 Å². The van der Waals surface area contributed by atoms with Gasteiger partial charge in [-0.3, -0.25) is 4.79 Å². The van der Waals surface area contributed by atoms with Crippen LogP contribution in [0.2, 0.25) is 0 Å². The van der Waals surface area contributed by atoms with Crippen LogP contribution in [0.15, 0.2) is 58.2 Å². The summed E-state index contributed by atoms with van der Waals surface area (Å²) in [7, 11) is 5.51. The molecule has 0 aliphatic heterocycles. The Kier molecular flexibility index (Phi) is 4.64. The molecule has 0 spiro atoms. The van der Waals surface area contributed by atoms with Crippen LogP contribution < -0.4 is 10.2 Å². The summed E-state index contributed by atoms with van der Waals surface area (Å²) in [5.41, 5.74) is 5.09. The molecule has 2 aromatic carbocycles. The summed E-state index contributed by atoms with van der Waals surface area (Å²) >= 11 is 0. The number of hydrogen-bond acceptors (Lipinski definition) is 6. The number of oxazole rings is 1. The molecule has 31 heavy (non-hydrogen) atoms. The Bertz CT molecular complexity index is 1320. The topological polar surface area (TPSA) is 91.6 Å². The summed E-state index contributed by atoms with van der Waals surface area (Å²) in [5, 5.41) is 11.0. The maximum Gasteiger partial charge on any atom is 0.190 e. The van der Waals surface area contributed by atoms with Crippen molar-refractivity contribution in [3.63, 3.8) is 0 Å². The monoisotopic (exact) mass is 417 g/mol. The molecule has 0 fully saturated rings. The van der Waals surface area contributed by atoms with Crippen LogP contribution in [0.5, 0.6) is 5.75 Å². The molecule has 2 atom stereocenters. The first-order chi connectivity index (χ1) is 15.0. The fraction of sp³-hybridized carbons (Fsp3) is 0.250. The Morgan fingerprint density at radius 3 is 2.77 bits per heavy atom. The average Bonchev–Trinajstić information content (AvgIpc) is 3.39. The fourth-order valence-corrected chi connectivity index (χ4v) is 4.53. The molecule has 0 amide bonds. The number of H-pyrrole nitrogens is 1. The van der Waals surface area contributed by atoms with Gasteiger partial charge in [0.15, 0.2) is 17.6 Å². The summed E-state index contributed by atoms with van der Waals surface area (Å²) in [4.78, 5) is 22.4. The number of hydrogen-bond donors (Lipinski definition) is 2. The third kappa shape index (κ3) is 3.22. The third-order valence-corrected chi connectivity index (χ3v) is 5.97. The van der Waals surface area contributed by atoms with Crippen molar-refractivity contribution in [2.24, 2.45) is 0 Å². The Hall–Kier alpha value is -3.42. The number of benzene rings is 2. The quantitative estimate of drug-likeness (QED) is 0.529. The van der Waals surface area contributed by atoms with Crippen molar-refractivity contribution in [2.75, 3.05) is 21.2 Å². The van der Waals surface area contributed by atoms with Gasteiger partial charge in [0.05, 0.1) is 36.5 Å². The van der Waals surface area contributed by atoms with E-state index >= 15 is 0 Å². The number of ether oxygens (including phenoxy) is 1. The highest BCUT2D eigenvalue weighted by Crippen LogP contribution is 2.38. The molecule has 0 radical (unpaired) electrons. The minimum Gasteiger partial charge on any atom is -0.496 e. The van der Waals surface area contributed by atoms with Gasteiger partial charge in [0, 0.05) is 29.6 Å². The van der Waals surface area contributed by atoms with E-state index < -0.39 is 6.10 Å². The van der Waals surface area contributed by atoms with Crippen molar-refractivity contribution in [1.82, 2.24) is 14.9 Å². The molecule has 0 saturated heterocycles. The number of nitrogens with zero attached hydrogens (tertiary/aromatic N) is 2. The number of likely N-dealkylation sites (N-methyl/N-ethyl adjacent to an activating group) is 1. The first-order valence-electron chi connectivity index (χ1n) is 10.1. The highest BCUT2D eigenvalue weighted by Gasteiger charge is 2.32. The number of aromatic nitrogens is 2. The van der Waals surface area contributed by atoms with Gasteiger partial charge in [-0.15, -0.1) is 0 Å². The molecule has 1 aliphatic carbocycles. The number of aliphatic hydroxyl groups is 1. The average molecular weight is 417 g/mol. The molecule has 2 aromatic heterocycles. The van der Waals surface area contributed by atoms with Gasteiger partial charge in [0.2, 0.25) is 0 Å². The van der Waals surface area contributed by atoms with E-state index in [0.29, 0.717) is 40.1 Å². The second-order valence-electron chi connectivity index (χ2n) is 8.10. The van der Waals surface area contributed by atoms with Gasteiger partial charge >= 0.3 is 0 Å². The molecule has 0 bridgehead atoms. The van der Waals surface area contributed by atoms with Crippen LogP contribution >= 0.6 is 0 Å². The molecular formula is C24H23N3O4. The van der Waals surface area contributed by atoms with Gasteiger partial charge in [-0.2, -0.15) is 0 Å². The molecule has 2 heterocycles. The van der Waals surface area contributed by atoms with Gasteiger partial charge in [-0.1, -0.05) is 12.1 Å². The molecular weight excluding hydrogens is 394 g/mol. The lowest BCUT2D eigenvalue weighted by Crippen LogP contribution is -2.27. The summed E-state index contributed by atoms with van der Waals surface area (Å²) < 4.78 is 10.9. The van der Waals surface area contributed by atoms with E-state index in [1.165, 1.54) is 6.39 Å². The molecule has 1 aliphatic rings. The van der Waals surface area contributed by atoms with Crippen LogP contribution in [-0.2, 0) is 6.42 Å². The van der Waals surface area contributed by atoms with Crippen LogP contribution in [0, 0.1) is 0 Å². The zero-order valence-corrected chi connectivity index (χ0v) is 17.5. The predicted molar refractivity (Wildman–Crippen MR) is 118 cm³/mol. The van der Waals surface area contributed by atoms with E-state index in [0.717, 1.165) is 16.7 Å². The van der Waals surface area contributed by atoms with Gasteiger partial charge in [0.25, 0.3) is 0 Å². The maximum atomic E-state index is 13.0. The van der Waals surface area contributed by atoms with E-state index in [4.69, 9.17) is 9.15 Å². The predicted octanol–water partition coefficient (Wildman–Crippen LogP) is 3.38. The standard InChI is InChI=1S/C24H23N3O4/c1-27(2)24-15-6-14(5-4-13(15)7-21(24)29)18-9-20(28)16-8-17(23-11-25-12-31-23)22(30-3)10-19(16)26-18/h4-6,8-12,21,24,29H,7H2,1-3H3,(H,26,28). The van der Waals surface area contributed by atoms with Gasteiger partial charge in [-0.25, -0.2) is 4.98 Å². The van der Waals surface area contributed by atoms with Crippen LogP contribution in [0.1, 0.15) is 17.2 Å². The zero-order chi connectivity index (χ0) is 21.7. The summed E-state index contributed by atoms with van der Waals surface area (Å²) in [6.07, 6.45) is 3.13. The van der Waals surface area contributed by atoms with E-state index in [9.17, 15) is 9.90 Å². The summed E-state index contributed by atoms with van der Waals surface area (Å²) in [5.74, 6) is 1.12. The molecule has 7 nitrogen and oxygen atoms in total. The highest BCUT2D eigenvalue weighted by atomic mass is 16.5. The van der Waals surface area contributed by atoms with Crippen molar-refractivity contribution in [1.29, 1.82) is 0 Å². The summed E-state index contributed by atoms with van der Waals surface area (Å²) in [6, 6.07) is 11.2. The number of aromatic amines is 1. The minimum atomic E-state index is -0.435. The summed E-state index contributed by atoms with van der Waals surface area (Å²) in [6.45, 7) is 0. The van der Waals surface area contributed by atoms with Crippen molar-refractivity contribution in [3.8, 4) is 28.3 Å². The number of nitrogens with one attached hydrogen (secondary N) is 1. The number of pyridine rings is 1. The third-order valence-electron chi connectivity index (χ3n) is 5.97. The fourth-order valence-electron chi connectivity index (χ4n) is 4.53. The molecule has 4 aromatic rings. The van der Waals surface area contributed by atoms with E-state index in [1.807, 2.05) is 31.1 Å². The van der Waals surface area contributed by atoms with Crippen LogP contribution in [0.3, 0.4) is 0 Å². The van der Waals surface area contributed by atoms with Crippen molar-refractivity contribution < 1.29 is 14.3 Å². The Morgan fingerprint density at radius 2 is 2.06 bits per heavy atom. The van der Waals surface area contributed by atoms with E-state index in [-0.39, 0.29) is 11.5 Å². The highest BCUT2D eigenvalue weighted by molar-refractivity contribution is 5.88. The van der Waals surface area contributed by atoms with Crippen LogP contribution in [0.25, 0.3) is 33.5 Å². The largest absolute Gasteiger partial charge is 0.496 e. The van der Waals surface area contributed by atoms with Crippen LogP contribution in [-0.4, -0.2) is 47.3 Å². The van der Waals surface area contributed by atoms with Crippen molar-refractivity contribution in [3.05, 3.63) is 70.3 Å². The second-order valence-corrected chi connectivity index (χ2v) is 8.10. The lowest BCUT2D eigenvalue weighted by atomic mass is 10.0. The molecule has 2 N–H and O–H groups in total. The molecule has 5 rings (SSSR count). The number of rotatable bonds is 4. The number of methoxy groups -OCH3 is 1. The Balaban J connectivity index is 1.64. The smallest absolute Gasteiger partial charge is 0.190 e. The van der Waals surface area contributed by atoms with E-state index in [1.54, 1.807) is 31.5 Å². The SMILES string of the molecule is COc1cc2[nH]c(-c3ccc4c(c3)C(N(C)C)C(O)C4)cc(=O)c2cc1-c1cnco1. The van der Waals surface area contributed by atoms with Crippen molar-refractivity contribution in [2.45, 2.75) is 18.6 Å². The lowest BCUT2D eigenvalue weighted by molar-refractivity contribution is 0.0902. The van der Waals surface area contributed by atoms with Gasteiger partial charge in [0.1, 0.15) is 5.75 Å². The first kappa shape index (κ1) is 19.5. The molecule has 0 saturated carbocycles. The maximum absolute atomic E-state index is 13.0.